The molecule has 0 amide bonds. The summed E-state index contributed by atoms with van der Waals surface area (Å²) in [5.41, 5.74) is 7.76. The van der Waals surface area contributed by atoms with E-state index in [-0.39, 0.29) is 0 Å². The number of hydrogen-bond donors (Lipinski definition) is 2. The topological polar surface area (TPSA) is 125 Å². The summed E-state index contributed by atoms with van der Waals surface area (Å²) < 4.78 is 10.5. The van der Waals surface area contributed by atoms with Crippen molar-refractivity contribution in [3.8, 4) is 0 Å². The molecule has 2 N–H and O–H groups in total. The van der Waals surface area contributed by atoms with Crippen LogP contribution in [0.1, 0.15) is 0 Å². The zero-order valence-electron chi connectivity index (χ0n) is 11.6. The molecule has 118 valence electrons. The van der Waals surface area contributed by atoms with Crippen molar-refractivity contribution in [2.24, 2.45) is 5.11 Å². The van der Waals surface area contributed by atoms with Crippen LogP contribution in [-0.2, 0) is 14.3 Å². The van der Waals surface area contributed by atoms with E-state index in [1.165, 1.54) is 7.11 Å². The van der Waals surface area contributed by atoms with E-state index in [1.807, 2.05) is 30.3 Å². The molecule has 0 aromatic heterocycles. The molecule has 1 heterocycles. The molecule has 0 spiro atoms. The molecule has 2 rings (SSSR count). The number of ether oxygens (including phenoxy) is 2. The maximum Gasteiger partial charge on any atom is 0.335 e. The van der Waals surface area contributed by atoms with Crippen molar-refractivity contribution in [1.82, 2.24) is 0 Å². The van der Waals surface area contributed by atoms with E-state index < -0.39 is 35.8 Å². The van der Waals surface area contributed by atoms with Gasteiger partial charge < -0.3 is 19.7 Å². The quantitative estimate of drug-likeness (QED) is 0.481. The average Bonchev–Trinajstić information content (AvgIpc) is 2.52. The predicted octanol–water partition coefficient (Wildman–Crippen LogP) is 1.64. The van der Waals surface area contributed by atoms with Crippen molar-refractivity contribution in [2.75, 3.05) is 7.11 Å². The Morgan fingerprint density at radius 1 is 1.45 bits per heavy atom. The molecule has 0 unspecified atom stereocenters. The first-order valence-corrected chi connectivity index (χ1v) is 7.31. The van der Waals surface area contributed by atoms with Crippen LogP contribution in [0.4, 0.5) is 0 Å². The highest BCUT2D eigenvalue weighted by Crippen LogP contribution is 2.35. The normalized spacial score (nSPS) is 31.3. The Balaban J connectivity index is 2.27. The lowest BCUT2D eigenvalue weighted by Crippen LogP contribution is -2.58. The molecule has 0 aliphatic carbocycles. The third kappa shape index (κ3) is 3.52. The molecular formula is C13H15N3O5S. The standard InChI is InChI=1S/C13H15N3O5S/c1-20-10-8(15-16-14)9(17)13(21-11(10)12(18)19)22-7-5-3-2-4-6-7/h2-6,8-11,13,17H,1H3,(H,18,19)/t8-,9-,10+,11+,13+/m1/s1. The van der Waals surface area contributed by atoms with Crippen molar-refractivity contribution in [2.45, 2.75) is 34.7 Å². The number of aliphatic hydroxyl groups excluding tert-OH is 1. The van der Waals surface area contributed by atoms with Crippen LogP contribution < -0.4 is 0 Å². The van der Waals surface area contributed by atoms with Gasteiger partial charge in [0.2, 0.25) is 0 Å². The van der Waals surface area contributed by atoms with Gasteiger partial charge in [-0.15, -0.1) is 0 Å². The minimum absolute atomic E-state index is 0.797. The molecule has 8 nitrogen and oxygen atoms in total. The minimum atomic E-state index is -1.33. The Hall–Kier alpha value is -1.77. The molecule has 1 aromatic rings. The van der Waals surface area contributed by atoms with Gasteiger partial charge in [0.15, 0.2) is 6.10 Å². The number of nitrogens with zero attached hydrogens (tertiary/aromatic N) is 3. The summed E-state index contributed by atoms with van der Waals surface area (Å²) in [5, 5.41) is 23.1. The van der Waals surface area contributed by atoms with Crippen LogP contribution in [-0.4, -0.2) is 53.1 Å². The van der Waals surface area contributed by atoms with Crippen molar-refractivity contribution >= 4 is 17.7 Å². The highest BCUT2D eigenvalue weighted by atomic mass is 32.2. The molecule has 0 bridgehead atoms. The van der Waals surface area contributed by atoms with E-state index in [9.17, 15) is 15.0 Å². The Kier molecular flexibility index (Phi) is 5.64. The Morgan fingerprint density at radius 3 is 2.68 bits per heavy atom. The van der Waals surface area contributed by atoms with Gasteiger partial charge in [-0.1, -0.05) is 35.1 Å². The summed E-state index contributed by atoms with van der Waals surface area (Å²) in [6.07, 6.45) is -3.58. The summed E-state index contributed by atoms with van der Waals surface area (Å²) in [5.74, 6) is -1.24. The zero-order valence-corrected chi connectivity index (χ0v) is 12.5. The molecule has 5 atom stereocenters. The fraction of sp³-hybridized carbons (Fsp3) is 0.462. The van der Waals surface area contributed by atoms with Crippen LogP contribution in [0.2, 0.25) is 0 Å². The van der Waals surface area contributed by atoms with Crippen LogP contribution >= 0.6 is 11.8 Å². The molecule has 1 aromatic carbocycles. The highest BCUT2D eigenvalue weighted by Gasteiger charge is 2.48. The number of thioether (sulfide) groups is 1. The van der Waals surface area contributed by atoms with Gasteiger partial charge >= 0.3 is 5.97 Å². The van der Waals surface area contributed by atoms with Crippen LogP contribution in [0.5, 0.6) is 0 Å². The number of aliphatic carboxylic acids is 1. The molecule has 1 saturated heterocycles. The molecule has 1 fully saturated rings. The third-order valence-electron chi connectivity index (χ3n) is 3.24. The Bertz CT molecular complexity index is 566. The maximum atomic E-state index is 11.3. The lowest BCUT2D eigenvalue weighted by molar-refractivity contribution is -0.187. The van der Waals surface area contributed by atoms with Gasteiger partial charge in [-0.05, 0) is 17.7 Å². The second-order valence-corrected chi connectivity index (χ2v) is 5.75. The number of carboxylic acid groups (broad SMARTS) is 1. The monoisotopic (exact) mass is 325 g/mol. The number of methoxy groups -OCH3 is 1. The van der Waals surface area contributed by atoms with Gasteiger partial charge in [-0.3, -0.25) is 0 Å². The van der Waals surface area contributed by atoms with Crippen molar-refractivity contribution < 1.29 is 24.5 Å². The third-order valence-corrected chi connectivity index (χ3v) is 4.41. The number of benzene rings is 1. The second-order valence-electron chi connectivity index (χ2n) is 4.58. The fourth-order valence-corrected chi connectivity index (χ4v) is 3.28. The number of aliphatic hydroxyl groups is 1. The first kappa shape index (κ1) is 16.6. The van der Waals surface area contributed by atoms with Crippen molar-refractivity contribution in [1.29, 1.82) is 0 Å². The van der Waals surface area contributed by atoms with Gasteiger partial charge in [0.25, 0.3) is 0 Å². The number of carbonyl (C=O) groups is 1. The van der Waals surface area contributed by atoms with Gasteiger partial charge in [-0.2, -0.15) is 0 Å². The highest BCUT2D eigenvalue weighted by molar-refractivity contribution is 7.99. The summed E-state index contributed by atoms with van der Waals surface area (Å²) in [4.78, 5) is 14.8. The van der Waals surface area contributed by atoms with Crippen molar-refractivity contribution in [3.05, 3.63) is 40.8 Å². The average molecular weight is 325 g/mol. The predicted molar refractivity (Wildman–Crippen MR) is 78.3 cm³/mol. The molecule has 1 aliphatic heterocycles. The van der Waals surface area contributed by atoms with E-state index in [1.54, 1.807) is 0 Å². The first-order chi connectivity index (χ1) is 10.6. The number of azide groups is 1. The van der Waals surface area contributed by atoms with Gasteiger partial charge in [-0.25, -0.2) is 4.79 Å². The summed E-state index contributed by atoms with van der Waals surface area (Å²) in [7, 11) is 1.28. The van der Waals surface area contributed by atoms with Gasteiger partial charge in [0, 0.05) is 16.9 Å². The Morgan fingerprint density at radius 2 is 2.14 bits per heavy atom. The van der Waals surface area contributed by atoms with Gasteiger partial charge in [0.05, 0.1) is 6.04 Å². The number of rotatable bonds is 5. The van der Waals surface area contributed by atoms with Crippen LogP contribution in [0, 0.1) is 0 Å². The lowest BCUT2D eigenvalue weighted by atomic mass is 9.97. The molecule has 1 aliphatic rings. The second kappa shape index (κ2) is 7.48. The maximum absolute atomic E-state index is 11.3. The summed E-state index contributed by atoms with van der Waals surface area (Å²) >= 11 is 1.16. The molecule has 9 heteroatoms. The van der Waals surface area contributed by atoms with Crippen LogP contribution in [0.25, 0.3) is 10.4 Å². The van der Waals surface area contributed by atoms with E-state index >= 15 is 0 Å². The first-order valence-electron chi connectivity index (χ1n) is 6.43. The summed E-state index contributed by atoms with van der Waals surface area (Å²) in [6, 6.07) is 8.03. The summed E-state index contributed by atoms with van der Waals surface area (Å²) in [6.45, 7) is 0. The van der Waals surface area contributed by atoms with Crippen LogP contribution in [0.15, 0.2) is 40.3 Å². The van der Waals surface area contributed by atoms with E-state index in [2.05, 4.69) is 10.0 Å². The van der Waals surface area contributed by atoms with E-state index in [4.69, 9.17) is 15.0 Å². The Labute approximate surface area is 130 Å². The molecular weight excluding hydrogens is 310 g/mol. The SMILES string of the molecule is CO[C@H]1[C@H](N=[N+]=[N-])[C@@H](O)[C@H](Sc2ccccc2)O[C@@H]1C(=O)O. The van der Waals surface area contributed by atoms with Gasteiger partial charge in [0.1, 0.15) is 17.6 Å². The molecule has 0 saturated carbocycles. The van der Waals surface area contributed by atoms with E-state index in [0.29, 0.717) is 0 Å². The van der Waals surface area contributed by atoms with Crippen molar-refractivity contribution in [3.63, 3.8) is 0 Å². The number of hydrogen-bond acceptors (Lipinski definition) is 6. The fourth-order valence-electron chi connectivity index (χ4n) is 2.22. The molecule has 22 heavy (non-hydrogen) atoms. The van der Waals surface area contributed by atoms with Crippen LogP contribution in [0.3, 0.4) is 0 Å². The minimum Gasteiger partial charge on any atom is -0.479 e. The number of carboxylic acids is 1. The van der Waals surface area contributed by atoms with E-state index in [0.717, 1.165) is 16.7 Å². The smallest absolute Gasteiger partial charge is 0.335 e. The largest absolute Gasteiger partial charge is 0.479 e. The molecule has 0 radical (unpaired) electrons. The zero-order chi connectivity index (χ0) is 16.1. The lowest BCUT2D eigenvalue weighted by Gasteiger charge is -2.40.